The molecule has 0 aromatic carbocycles. The molecule has 4 aliphatic rings. The van der Waals surface area contributed by atoms with Crippen molar-refractivity contribution < 1.29 is 17.6 Å². The van der Waals surface area contributed by atoms with Crippen molar-refractivity contribution in [2.75, 3.05) is 13.1 Å². The van der Waals surface area contributed by atoms with E-state index in [0.29, 0.717) is 25.9 Å². The van der Waals surface area contributed by atoms with Gasteiger partial charge >= 0.3 is 0 Å². The Balaban J connectivity index is 1.31. The molecule has 1 aliphatic heterocycles. The highest BCUT2D eigenvalue weighted by Crippen LogP contribution is 2.50. The molecule has 0 radical (unpaired) electrons. The normalized spacial score (nSPS) is 37.0. The van der Waals surface area contributed by atoms with Crippen LogP contribution in [0.25, 0.3) is 0 Å². The summed E-state index contributed by atoms with van der Waals surface area (Å²) in [5.41, 5.74) is -1.59. The summed E-state index contributed by atoms with van der Waals surface area (Å²) in [6, 6.07) is 0.00342. The lowest BCUT2D eigenvalue weighted by Gasteiger charge is -2.45. The van der Waals surface area contributed by atoms with Gasteiger partial charge in [0.25, 0.3) is 5.91 Å². The van der Waals surface area contributed by atoms with Crippen molar-refractivity contribution in [2.45, 2.75) is 68.3 Å². The lowest BCUT2D eigenvalue weighted by molar-refractivity contribution is -0.149. The maximum Gasteiger partial charge on any atom is 0.260 e. The predicted molar refractivity (Wildman–Crippen MR) is 79.4 cm³/mol. The van der Waals surface area contributed by atoms with Crippen LogP contribution >= 0.6 is 0 Å². The third-order valence-corrected chi connectivity index (χ3v) is 7.92. The molecule has 0 atom stereocenters. The molecule has 4 rings (SSSR count). The van der Waals surface area contributed by atoms with Crippen LogP contribution in [0.3, 0.4) is 0 Å². The number of hydrogen-bond acceptors (Lipinski definition) is 3. The van der Waals surface area contributed by atoms with E-state index >= 15 is 0 Å². The Morgan fingerprint density at radius 3 is 2.41 bits per heavy atom. The van der Waals surface area contributed by atoms with Gasteiger partial charge in [-0.05, 0) is 56.8 Å². The van der Waals surface area contributed by atoms with Crippen LogP contribution in [-0.4, -0.2) is 49.3 Å². The van der Waals surface area contributed by atoms with Crippen LogP contribution < -0.4 is 4.72 Å². The van der Waals surface area contributed by atoms with Crippen molar-refractivity contribution in [3.63, 3.8) is 0 Å². The van der Waals surface area contributed by atoms with Crippen molar-refractivity contribution >= 4 is 15.9 Å². The van der Waals surface area contributed by atoms with Crippen molar-refractivity contribution in [2.24, 2.45) is 5.41 Å². The molecular weight excluding hydrogens is 307 g/mol. The van der Waals surface area contributed by atoms with Crippen LogP contribution in [0.15, 0.2) is 0 Å². The fraction of sp³-hybridized carbons (Fsp3) is 0.933. The van der Waals surface area contributed by atoms with Gasteiger partial charge in [-0.25, -0.2) is 17.5 Å². The van der Waals surface area contributed by atoms with Gasteiger partial charge in [0.2, 0.25) is 10.0 Å². The van der Waals surface area contributed by atoms with E-state index in [-0.39, 0.29) is 22.6 Å². The average molecular weight is 330 g/mol. The van der Waals surface area contributed by atoms with Crippen LogP contribution in [0.5, 0.6) is 0 Å². The highest BCUT2D eigenvalue weighted by atomic mass is 32.2. The minimum atomic E-state index is -3.13. The molecule has 3 saturated carbocycles. The number of likely N-dealkylation sites (tertiary alicyclic amines) is 1. The first kappa shape index (κ1) is 14.9. The Hall–Kier alpha value is -0.690. The summed E-state index contributed by atoms with van der Waals surface area (Å²) >= 11 is 0. The van der Waals surface area contributed by atoms with E-state index in [9.17, 15) is 17.6 Å². The molecule has 5 nitrogen and oxygen atoms in total. The SMILES string of the molecule is O=C(N1CCC2(CC(NS(=O)(=O)C3CC3)C2)C1)C1(F)CCC1. The third kappa shape index (κ3) is 2.37. The highest BCUT2D eigenvalue weighted by Gasteiger charge is 2.54. The predicted octanol–water partition coefficient (Wildman–Crippen LogP) is 1.34. The number of halogens is 1. The van der Waals surface area contributed by atoms with Crippen molar-refractivity contribution in [3.8, 4) is 0 Å². The van der Waals surface area contributed by atoms with Crippen LogP contribution in [-0.2, 0) is 14.8 Å². The summed E-state index contributed by atoms with van der Waals surface area (Å²) < 4.78 is 40.9. The highest BCUT2D eigenvalue weighted by molar-refractivity contribution is 7.90. The molecule has 4 fully saturated rings. The molecule has 0 bridgehead atoms. The largest absolute Gasteiger partial charge is 0.339 e. The number of amides is 1. The monoisotopic (exact) mass is 330 g/mol. The van der Waals surface area contributed by atoms with Gasteiger partial charge in [0, 0.05) is 19.1 Å². The number of rotatable bonds is 4. The van der Waals surface area contributed by atoms with Crippen molar-refractivity contribution in [3.05, 3.63) is 0 Å². The van der Waals surface area contributed by atoms with E-state index in [0.717, 1.165) is 38.5 Å². The zero-order valence-electron chi connectivity index (χ0n) is 12.7. The number of alkyl halides is 1. The molecule has 0 aromatic rings. The summed E-state index contributed by atoms with van der Waals surface area (Å²) in [6.45, 7) is 1.21. The summed E-state index contributed by atoms with van der Waals surface area (Å²) in [4.78, 5) is 13.9. The fourth-order valence-electron chi connectivity index (χ4n) is 4.20. The van der Waals surface area contributed by atoms with E-state index in [1.165, 1.54) is 0 Å². The molecule has 124 valence electrons. The van der Waals surface area contributed by atoms with Crippen LogP contribution in [0, 0.1) is 5.41 Å². The molecular formula is C15H23FN2O3S. The lowest BCUT2D eigenvalue weighted by atomic mass is 9.65. The molecule has 1 spiro atoms. The summed E-state index contributed by atoms with van der Waals surface area (Å²) in [7, 11) is -3.13. The average Bonchev–Trinajstić information content (AvgIpc) is 3.16. The summed E-state index contributed by atoms with van der Waals surface area (Å²) in [6.07, 6.45) is 5.49. The summed E-state index contributed by atoms with van der Waals surface area (Å²) in [5.74, 6) is -0.336. The molecule has 22 heavy (non-hydrogen) atoms. The zero-order valence-corrected chi connectivity index (χ0v) is 13.5. The quantitative estimate of drug-likeness (QED) is 0.846. The Kier molecular flexibility index (Phi) is 3.15. The van der Waals surface area contributed by atoms with Gasteiger partial charge in [-0.3, -0.25) is 4.79 Å². The van der Waals surface area contributed by atoms with E-state index in [1.54, 1.807) is 4.90 Å². The van der Waals surface area contributed by atoms with E-state index in [1.807, 2.05) is 0 Å². The minimum absolute atomic E-state index is 0.00342. The van der Waals surface area contributed by atoms with Gasteiger partial charge in [0.15, 0.2) is 5.67 Å². The topological polar surface area (TPSA) is 66.5 Å². The number of carbonyl (C=O) groups excluding carboxylic acids is 1. The maximum atomic E-state index is 14.2. The first-order valence-electron chi connectivity index (χ1n) is 8.32. The van der Waals surface area contributed by atoms with Crippen molar-refractivity contribution in [1.29, 1.82) is 0 Å². The van der Waals surface area contributed by atoms with Crippen molar-refractivity contribution in [1.82, 2.24) is 9.62 Å². The van der Waals surface area contributed by atoms with Crippen LogP contribution in [0.2, 0.25) is 0 Å². The number of hydrogen-bond donors (Lipinski definition) is 1. The summed E-state index contributed by atoms with van der Waals surface area (Å²) in [5, 5.41) is -0.185. The second kappa shape index (κ2) is 4.66. The smallest absolute Gasteiger partial charge is 0.260 e. The standard InChI is InChI=1S/C15H23FN2O3S/c16-15(4-1-5-15)13(19)18-7-6-14(10-18)8-11(9-14)17-22(20,21)12-2-3-12/h11-12,17H,1-10H2. The first-order chi connectivity index (χ1) is 10.3. The Morgan fingerprint density at radius 1 is 1.18 bits per heavy atom. The maximum absolute atomic E-state index is 14.2. The fourth-order valence-corrected chi connectivity index (χ4v) is 5.78. The van der Waals surface area contributed by atoms with Gasteiger partial charge in [-0.2, -0.15) is 0 Å². The van der Waals surface area contributed by atoms with Gasteiger partial charge < -0.3 is 4.90 Å². The molecule has 3 aliphatic carbocycles. The van der Waals surface area contributed by atoms with Crippen LogP contribution in [0.4, 0.5) is 4.39 Å². The van der Waals surface area contributed by atoms with E-state index in [2.05, 4.69) is 4.72 Å². The van der Waals surface area contributed by atoms with Gasteiger partial charge in [-0.1, -0.05) is 0 Å². The number of sulfonamides is 1. The Labute approximate surface area is 130 Å². The van der Waals surface area contributed by atoms with Gasteiger partial charge in [0.1, 0.15) is 0 Å². The number of nitrogens with zero attached hydrogens (tertiary/aromatic N) is 1. The van der Waals surface area contributed by atoms with Gasteiger partial charge in [-0.15, -0.1) is 0 Å². The number of carbonyl (C=O) groups is 1. The Bertz CT molecular complexity index is 592. The second-order valence-corrected chi connectivity index (χ2v) is 9.76. The van der Waals surface area contributed by atoms with Crippen LogP contribution in [0.1, 0.15) is 51.4 Å². The molecule has 0 aromatic heterocycles. The second-order valence-electron chi connectivity index (χ2n) is 7.76. The molecule has 1 heterocycles. The van der Waals surface area contributed by atoms with E-state index < -0.39 is 15.7 Å². The molecule has 1 amide bonds. The lowest BCUT2D eigenvalue weighted by Crippen LogP contribution is -2.54. The van der Waals surface area contributed by atoms with Gasteiger partial charge in [0.05, 0.1) is 5.25 Å². The third-order valence-electron chi connectivity index (χ3n) is 5.91. The molecule has 0 unspecified atom stereocenters. The molecule has 1 N–H and O–H groups in total. The number of nitrogens with one attached hydrogen (secondary N) is 1. The zero-order chi connectivity index (χ0) is 15.6. The minimum Gasteiger partial charge on any atom is -0.339 e. The Morgan fingerprint density at radius 2 is 1.86 bits per heavy atom. The first-order valence-corrected chi connectivity index (χ1v) is 9.86. The molecule has 7 heteroatoms. The van der Waals surface area contributed by atoms with E-state index in [4.69, 9.17) is 0 Å². The molecule has 1 saturated heterocycles.